The summed E-state index contributed by atoms with van der Waals surface area (Å²) in [6.07, 6.45) is 1.90. The minimum Gasteiger partial charge on any atom is -0.463 e. The Bertz CT molecular complexity index is 550. The van der Waals surface area contributed by atoms with E-state index in [1.807, 2.05) is 13.8 Å². The summed E-state index contributed by atoms with van der Waals surface area (Å²) in [5.41, 5.74) is 0. The van der Waals surface area contributed by atoms with Gasteiger partial charge in [0.05, 0.1) is 6.61 Å². The quantitative estimate of drug-likeness (QED) is 0.792. The largest absolute Gasteiger partial charge is 0.463 e. The standard InChI is InChI=1S/C12H18N6OS2/c1-4-6-13-9-15-10(19-7-5-2)17-11(16-9)20-12-14-8(3)18-21-12/h4-7H2,1-3H3,(H,13,15,16,17). The molecule has 2 aromatic heterocycles. The molecule has 7 nitrogen and oxygen atoms in total. The number of aryl methyl sites for hydroxylation is 1. The van der Waals surface area contributed by atoms with Crippen LogP contribution in [-0.2, 0) is 0 Å². The third-order valence-corrected chi connectivity index (χ3v) is 3.96. The normalized spacial score (nSPS) is 10.6. The van der Waals surface area contributed by atoms with Crippen molar-refractivity contribution in [1.82, 2.24) is 24.3 Å². The van der Waals surface area contributed by atoms with Gasteiger partial charge in [0.1, 0.15) is 5.82 Å². The van der Waals surface area contributed by atoms with Crippen LogP contribution in [0.15, 0.2) is 9.50 Å². The fourth-order valence-corrected chi connectivity index (χ4v) is 2.85. The molecule has 0 radical (unpaired) electrons. The van der Waals surface area contributed by atoms with Gasteiger partial charge in [0.2, 0.25) is 11.1 Å². The molecule has 0 spiro atoms. The molecular weight excluding hydrogens is 308 g/mol. The van der Waals surface area contributed by atoms with Gasteiger partial charge < -0.3 is 10.1 Å². The molecule has 2 aromatic rings. The first-order valence-corrected chi connectivity index (χ1v) is 8.41. The number of nitrogens with zero attached hydrogens (tertiary/aromatic N) is 5. The lowest BCUT2D eigenvalue weighted by Crippen LogP contribution is -2.08. The highest BCUT2D eigenvalue weighted by Crippen LogP contribution is 2.27. The molecule has 2 rings (SSSR count). The van der Waals surface area contributed by atoms with Crippen LogP contribution in [0.1, 0.15) is 32.5 Å². The lowest BCUT2D eigenvalue weighted by atomic mass is 10.5. The Morgan fingerprint density at radius 3 is 2.67 bits per heavy atom. The Labute approximate surface area is 132 Å². The van der Waals surface area contributed by atoms with Crippen molar-refractivity contribution in [2.24, 2.45) is 0 Å². The SMILES string of the molecule is CCCNc1nc(OCCC)nc(Sc2nc(C)ns2)n1. The molecule has 1 N–H and O–H groups in total. The first-order valence-electron chi connectivity index (χ1n) is 6.82. The van der Waals surface area contributed by atoms with Gasteiger partial charge in [-0.1, -0.05) is 13.8 Å². The Hall–Kier alpha value is -1.48. The summed E-state index contributed by atoms with van der Waals surface area (Å²) in [5, 5.41) is 3.72. The first kappa shape index (κ1) is 15.9. The van der Waals surface area contributed by atoms with Gasteiger partial charge in [-0.05, 0) is 43.1 Å². The fraction of sp³-hybridized carbons (Fsp3) is 0.583. The molecule has 9 heteroatoms. The summed E-state index contributed by atoms with van der Waals surface area (Å²) in [7, 11) is 0. The van der Waals surface area contributed by atoms with E-state index in [-0.39, 0.29) is 0 Å². The molecule has 0 saturated heterocycles. The molecule has 0 aliphatic rings. The van der Waals surface area contributed by atoms with Gasteiger partial charge in [0, 0.05) is 6.54 Å². The van der Waals surface area contributed by atoms with Crippen molar-refractivity contribution in [3.05, 3.63) is 5.82 Å². The van der Waals surface area contributed by atoms with Gasteiger partial charge >= 0.3 is 6.01 Å². The second kappa shape index (κ2) is 8.08. The van der Waals surface area contributed by atoms with E-state index in [9.17, 15) is 0 Å². The van der Waals surface area contributed by atoms with E-state index in [1.54, 1.807) is 0 Å². The van der Waals surface area contributed by atoms with Crippen molar-refractivity contribution in [3.63, 3.8) is 0 Å². The van der Waals surface area contributed by atoms with Gasteiger partial charge in [0.25, 0.3) is 0 Å². The van der Waals surface area contributed by atoms with E-state index in [0.717, 1.165) is 29.6 Å². The van der Waals surface area contributed by atoms with Crippen LogP contribution in [0, 0.1) is 6.92 Å². The Kier molecular flexibility index (Phi) is 6.12. The molecule has 0 unspecified atom stereocenters. The van der Waals surface area contributed by atoms with Crippen LogP contribution in [0.2, 0.25) is 0 Å². The zero-order chi connectivity index (χ0) is 15.1. The fourth-order valence-electron chi connectivity index (χ4n) is 1.35. The second-order valence-electron chi connectivity index (χ2n) is 4.21. The number of hydrogen-bond donors (Lipinski definition) is 1. The average molecular weight is 326 g/mol. The maximum absolute atomic E-state index is 5.51. The van der Waals surface area contributed by atoms with Crippen LogP contribution < -0.4 is 10.1 Å². The zero-order valence-corrected chi connectivity index (χ0v) is 13.9. The molecule has 0 atom stereocenters. The summed E-state index contributed by atoms with van der Waals surface area (Å²) in [6, 6.07) is 0.342. The first-order chi connectivity index (χ1) is 10.2. The number of anilines is 1. The minimum absolute atomic E-state index is 0.342. The number of rotatable bonds is 8. The molecule has 114 valence electrons. The van der Waals surface area contributed by atoms with Crippen molar-refractivity contribution < 1.29 is 4.74 Å². The van der Waals surface area contributed by atoms with Gasteiger partial charge in [-0.15, -0.1) is 0 Å². The summed E-state index contributed by atoms with van der Waals surface area (Å²) in [6.45, 7) is 7.37. The van der Waals surface area contributed by atoms with Crippen LogP contribution in [0.25, 0.3) is 0 Å². The second-order valence-corrected chi connectivity index (χ2v) is 6.18. The van der Waals surface area contributed by atoms with Crippen LogP contribution in [0.4, 0.5) is 5.95 Å². The highest BCUT2D eigenvalue weighted by atomic mass is 32.2. The predicted octanol–water partition coefficient (Wildman–Crippen LogP) is 2.79. The lowest BCUT2D eigenvalue weighted by Gasteiger charge is -2.07. The van der Waals surface area contributed by atoms with Crippen molar-refractivity contribution >= 4 is 29.2 Å². The number of nitrogens with one attached hydrogen (secondary N) is 1. The predicted molar refractivity (Wildman–Crippen MR) is 83.2 cm³/mol. The number of hydrogen-bond acceptors (Lipinski definition) is 9. The van der Waals surface area contributed by atoms with E-state index >= 15 is 0 Å². The van der Waals surface area contributed by atoms with Crippen LogP contribution in [0.3, 0.4) is 0 Å². The van der Waals surface area contributed by atoms with Crippen molar-refractivity contribution in [2.45, 2.75) is 43.1 Å². The summed E-state index contributed by atoms with van der Waals surface area (Å²) < 4.78 is 10.5. The molecule has 0 aromatic carbocycles. The van der Waals surface area contributed by atoms with E-state index in [4.69, 9.17) is 4.74 Å². The molecule has 21 heavy (non-hydrogen) atoms. The van der Waals surface area contributed by atoms with E-state index < -0.39 is 0 Å². The maximum Gasteiger partial charge on any atom is 0.322 e. The monoisotopic (exact) mass is 326 g/mol. The number of ether oxygens (including phenoxy) is 1. The van der Waals surface area contributed by atoms with E-state index in [1.165, 1.54) is 23.3 Å². The molecule has 0 amide bonds. The molecule has 0 bridgehead atoms. The number of aromatic nitrogens is 5. The summed E-state index contributed by atoms with van der Waals surface area (Å²) >= 11 is 2.70. The third-order valence-electron chi connectivity index (χ3n) is 2.25. The Morgan fingerprint density at radius 1 is 1.14 bits per heavy atom. The Morgan fingerprint density at radius 2 is 2.00 bits per heavy atom. The van der Waals surface area contributed by atoms with Crippen molar-refractivity contribution in [2.75, 3.05) is 18.5 Å². The smallest absolute Gasteiger partial charge is 0.322 e. The third kappa shape index (κ3) is 5.09. The van der Waals surface area contributed by atoms with Crippen molar-refractivity contribution in [3.8, 4) is 6.01 Å². The molecule has 0 fully saturated rings. The highest BCUT2D eigenvalue weighted by Gasteiger charge is 2.11. The van der Waals surface area contributed by atoms with Gasteiger partial charge in [-0.2, -0.15) is 19.3 Å². The zero-order valence-electron chi connectivity index (χ0n) is 12.3. The molecule has 0 aliphatic carbocycles. The van der Waals surface area contributed by atoms with Gasteiger partial charge in [-0.3, -0.25) is 0 Å². The molecule has 0 saturated carbocycles. The van der Waals surface area contributed by atoms with Crippen LogP contribution >= 0.6 is 23.3 Å². The minimum atomic E-state index is 0.342. The summed E-state index contributed by atoms with van der Waals surface area (Å²) in [5.74, 6) is 1.28. The Balaban J connectivity index is 2.16. The van der Waals surface area contributed by atoms with E-state index in [2.05, 4.69) is 36.5 Å². The lowest BCUT2D eigenvalue weighted by molar-refractivity contribution is 0.288. The van der Waals surface area contributed by atoms with Crippen LogP contribution in [-0.4, -0.2) is 37.5 Å². The van der Waals surface area contributed by atoms with Gasteiger partial charge in [0.15, 0.2) is 4.34 Å². The highest BCUT2D eigenvalue weighted by molar-refractivity contribution is 8.00. The maximum atomic E-state index is 5.51. The van der Waals surface area contributed by atoms with Crippen molar-refractivity contribution in [1.29, 1.82) is 0 Å². The summed E-state index contributed by atoms with van der Waals surface area (Å²) in [4.78, 5) is 17.2. The molecular formula is C12H18N6OS2. The van der Waals surface area contributed by atoms with Crippen LogP contribution in [0.5, 0.6) is 6.01 Å². The van der Waals surface area contributed by atoms with Gasteiger partial charge in [-0.25, -0.2) is 4.98 Å². The molecule has 0 aliphatic heterocycles. The average Bonchev–Trinajstić information content (AvgIpc) is 2.88. The topological polar surface area (TPSA) is 85.7 Å². The molecule has 2 heterocycles. The van der Waals surface area contributed by atoms with E-state index in [0.29, 0.717) is 23.7 Å².